The molecule has 118 valence electrons. The Balaban J connectivity index is 2.65. The summed E-state index contributed by atoms with van der Waals surface area (Å²) in [6, 6.07) is 10.1. The molecule has 0 radical (unpaired) electrons. The number of rotatable bonds is 4. The highest BCUT2D eigenvalue weighted by Gasteiger charge is 2.29. The van der Waals surface area contributed by atoms with Crippen LogP contribution in [-0.2, 0) is 20.0 Å². The minimum absolute atomic E-state index is 0.202. The number of sulfonamides is 2. The van der Waals surface area contributed by atoms with E-state index >= 15 is 0 Å². The predicted octanol–water partition coefficient (Wildman–Crippen LogP) is 1.30. The van der Waals surface area contributed by atoms with Crippen LogP contribution in [0.3, 0.4) is 0 Å². The lowest BCUT2D eigenvalue weighted by molar-refractivity contribution is 0.580. The third-order valence-electron chi connectivity index (χ3n) is 2.99. The van der Waals surface area contributed by atoms with Crippen molar-refractivity contribution in [2.45, 2.75) is 9.79 Å². The molecule has 0 atom stereocenters. The third-order valence-corrected chi connectivity index (χ3v) is 5.91. The van der Waals surface area contributed by atoms with Crippen LogP contribution in [0.2, 0.25) is 0 Å². The Bertz CT molecular complexity index is 911. The number of primary sulfonamides is 1. The van der Waals surface area contributed by atoms with Crippen LogP contribution in [0.25, 0.3) is 0 Å². The minimum atomic E-state index is -4.29. The molecule has 0 aliphatic heterocycles. The van der Waals surface area contributed by atoms with E-state index in [2.05, 4.69) is 0 Å². The molecular formula is C13H13FN2O4S2. The highest BCUT2D eigenvalue weighted by molar-refractivity contribution is 7.94. The van der Waals surface area contributed by atoms with Crippen molar-refractivity contribution in [1.82, 2.24) is 0 Å². The Hall–Kier alpha value is -1.97. The van der Waals surface area contributed by atoms with Crippen molar-refractivity contribution in [3.8, 4) is 0 Å². The van der Waals surface area contributed by atoms with Crippen LogP contribution in [0.15, 0.2) is 58.3 Å². The summed E-state index contributed by atoms with van der Waals surface area (Å²) in [5.74, 6) is -0.748. The zero-order valence-electron chi connectivity index (χ0n) is 11.5. The number of halogens is 1. The normalized spacial score (nSPS) is 12.1. The lowest BCUT2D eigenvalue weighted by atomic mass is 10.3. The molecule has 0 amide bonds. The Morgan fingerprint density at radius 3 is 1.95 bits per heavy atom. The first-order valence-electron chi connectivity index (χ1n) is 6.01. The van der Waals surface area contributed by atoms with Crippen LogP contribution in [0.4, 0.5) is 10.1 Å². The molecular weight excluding hydrogens is 331 g/mol. The summed E-state index contributed by atoms with van der Waals surface area (Å²) in [5.41, 5.74) is -0.202. The Labute approximate surface area is 128 Å². The first-order valence-corrected chi connectivity index (χ1v) is 8.99. The van der Waals surface area contributed by atoms with Crippen molar-refractivity contribution < 1.29 is 21.2 Å². The van der Waals surface area contributed by atoms with Gasteiger partial charge in [0, 0.05) is 7.05 Å². The van der Waals surface area contributed by atoms with Gasteiger partial charge in [0.05, 0.1) is 5.69 Å². The highest BCUT2D eigenvalue weighted by atomic mass is 32.2. The van der Waals surface area contributed by atoms with Gasteiger partial charge in [-0.15, -0.1) is 0 Å². The van der Waals surface area contributed by atoms with Crippen molar-refractivity contribution in [3.05, 3.63) is 54.3 Å². The van der Waals surface area contributed by atoms with Gasteiger partial charge in [-0.2, -0.15) is 0 Å². The lowest BCUT2D eigenvalue weighted by Gasteiger charge is -2.21. The summed E-state index contributed by atoms with van der Waals surface area (Å²) in [4.78, 5) is -1.05. The van der Waals surface area contributed by atoms with Gasteiger partial charge < -0.3 is 0 Å². The summed E-state index contributed by atoms with van der Waals surface area (Å²) in [6.07, 6.45) is 0. The fourth-order valence-electron chi connectivity index (χ4n) is 1.88. The van der Waals surface area contributed by atoms with Crippen LogP contribution >= 0.6 is 0 Å². The average molecular weight is 344 g/mol. The molecule has 2 aromatic rings. The first-order chi connectivity index (χ1) is 10.2. The van der Waals surface area contributed by atoms with E-state index in [0.717, 1.165) is 25.2 Å². The minimum Gasteiger partial charge on any atom is -0.266 e. The van der Waals surface area contributed by atoms with Crippen LogP contribution in [0.5, 0.6) is 0 Å². The first kappa shape index (κ1) is 16.4. The van der Waals surface area contributed by atoms with Gasteiger partial charge in [0.15, 0.2) is 0 Å². The number of hydrogen-bond acceptors (Lipinski definition) is 4. The topological polar surface area (TPSA) is 97.5 Å². The van der Waals surface area contributed by atoms with Gasteiger partial charge in [-0.05, 0) is 24.3 Å². The Kier molecular flexibility index (Phi) is 4.23. The quantitative estimate of drug-likeness (QED) is 0.904. The van der Waals surface area contributed by atoms with Crippen molar-refractivity contribution in [2.24, 2.45) is 5.14 Å². The molecule has 0 heterocycles. The molecule has 2 aromatic carbocycles. The van der Waals surface area contributed by atoms with Crippen molar-refractivity contribution in [3.63, 3.8) is 0 Å². The molecule has 2 rings (SSSR count). The van der Waals surface area contributed by atoms with Crippen LogP contribution in [0, 0.1) is 5.82 Å². The maximum Gasteiger partial charge on any atom is 0.265 e. The summed E-state index contributed by atoms with van der Waals surface area (Å²) in [5, 5.41) is 5.04. The third kappa shape index (κ3) is 2.96. The number of para-hydroxylation sites is 1. The number of hydrogen-bond donors (Lipinski definition) is 1. The second-order valence-electron chi connectivity index (χ2n) is 4.42. The highest BCUT2D eigenvalue weighted by Crippen LogP contribution is 2.27. The van der Waals surface area contributed by atoms with Gasteiger partial charge in [-0.3, -0.25) is 4.31 Å². The fraction of sp³-hybridized carbons (Fsp3) is 0.0769. The molecule has 0 fully saturated rings. The SMILES string of the molecule is CN(c1ccccc1F)S(=O)(=O)c1ccccc1S(N)(=O)=O. The van der Waals surface area contributed by atoms with E-state index in [-0.39, 0.29) is 5.69 Å². The fourth-order valence-corrected chi connectivity index (χ4v) is 4.44. The van der Waals surface area contributed by atoms with Gasteiger partial charge >= 0.3 is 0 Å². The van der Waals surface area contributed by atoms with Gasteiger partial charge in [0.1, 0.15) is 15.6 Å². The molecule has 6 nitrogen and oxygen atoms in total. The van der Waals surface area contributed by atoms with E-state index in [1.165, 1.54) is 30.3 Å². The largest absolute Gasteiger partial charge is 0.266 e. The Morgan fingerprint density at radius 2 is 1.41 bits per heavy atom. The van der Waals surface area contributed by atoms with E-state index in [4.69, 9.17) is 5.14 Å². The number of benzene rings is 2. The van der Waals surface area contributed by atoms with Gasteiger partial charge in [0.2, 0.25) is 10.0 Å². The van der Waals surface area contributed by atoms with Crippen molar-refractivity contribution in [1.29, 1.82) is 0 Å². The summed E-state index contributed by atoms with van der Waals surface area (Å²) in [6.45, 7) is 0. The van der Waals surface area contributed by atoms with Gasteiger partial charge in [-0.25, -0.2) is 26.4 Å². The van der Waals surface area contributed by atoms with E-state index in [1.807, 2.05) is 0 Å². The molecule has 22 heavy (non-hydrogen) atoms. The van der Waals surface area contributed by atoms with E-state index in [0.29, 0.717) is 4.31 Å². The molecule has 0 spiro atoms. The van der Waals surface area contributed by atoms with Crippen LogP contribution < -0.4 is 9.44 Å². The average Bonchev–Trinajstić information content (AvgIpc) is 2.46. The molecule has 0 saturated carbocycles. The lowest BCUT2D eigenvalue weighted by Crippen LogP contribution is -2.29. The molecule has 0 aliphatic carbocycles. The van der Waals surface area contributed by atoms with Crippen LogP contribution in [-0.4, -0.2) is 23.9 Å². The Morgan fingerprint density at radius 1 is 0.909 bits per heavy atom. The molecule has 0 bridgehead atoms. The van der Waals surface area contributed by atoms with E-state index in [9.17, 15) is 21.2 Å². The second kappa shape index (κ2) is 5.67. The maximum absolute atomic E-state index is 13.8. The van der Waals surface area contributed by atoms with E-state index < -0.39 is 35.7 Å². The summed E-state index contributed by atoms with van der Waals surface area (Å²) >= 11 is 0. The molecule has 0 unspecified atom stereocenters. The zero-order chi connectivity index (χ0) is 16.5. The van der Waals surface area contributed by atoms with Gasteiger partial charge in [-0.1, -0.05) is 24.3 Å². The summed E-state index contributed by atoms with van der Waals surface area (Å²) in [7, 11) is -7.40. The smallest absolute Gasteiger partial charge is 0.265 e. The predicted molar refractivity (Wildman–Crippen MR) is 79.8 cm³/mol. The standard InChI is InChI=1S/C13H13FN2O4S2/c1-16(11-7-3-2-6-10(11)14)22(19,20)13-9-5-4-8-12(13)21(15,17)18/h2-9H,1H3,(H2,15,17,18). The number of anilines is 1. The van der Waals surface area contributed by atoms with Crippen molar-refractivity contribution >= 4 is 25.7 Å². The van der Waals surface area contributed by atoms with Gasteiger partial charge in [0.25, 0.3) is 10.0 Å². The number of nitrogens with two attached hydrogens (primary N) is 1. The van der Waals surface area contributed by atoms with Crippen LogP contribution in [0.1, 0.15) is 0 Å². The molecule has 2 N–H and O–H groups in total. The summed E-state index contributed by atoms with van der Waals surface area (Å²) < 4.78 is 62.7. The van der Waals surface area contributed by atoms with Crippen molar-refractivity contribution in [2.75, 3.05) is 11.4 Å². The monoisotopic (exact) mass is 344 g/mol. The molecule has 0 aromatic heterocycles. The molecule has 9 heteroatoms. The number of nitrogens with zero attached hydrogens (tertiary/aromatic N) is 1. The molecule has 0 saturated heterocycles. The molecule has 0 aliphatic rings. The zero-order valence-corrected chi connectivity index (χ0v) is 13.1. The second-order valence-corrected chi connectivity index (χ2v) is 7.88. The maximum atomic E-state index is 13.8. The van der Waals surface area contributed by atoms with E-state index in [1.54, 1.807) is 0 Å².